The lowest BCUT2D eigenvalue weighted by Crippen LogP contribution is -2.43. The van der Waals surface area contributed by atoms with Crippen LogP contribution in [0.5, 0.6) is 0 Å². The molecule has 0 saturated carbocycles. The smallest absolute Gasteiger partial charge is 0.230 e. The Morgan fingerprint density at radius 3 is 2.55 bits per heavy atom. The van der Waals surface area contributed by atoms with Gasteiger partial charge in [0.1, 0.15) is 5.76 Å². The second-order valence-corrected chi connectivity index (χ2v) is 5.81. The molecule has 1 saturated heterocycles. The van der Waals surface area contributed by atoms with Gasteiger partial charge >= 0.3 is 0 Å². The zero-order valence-corrected chi connectivity index (χ0v) is 13.7. The third-order valence-corrected chi connectivity index (χ3v) is 3.79. The molecule has 4 heteroatoms. The van der Waals surface area contributed by atoms with Crippen LogP contribution < -0.4 is 0 Å². The molecule has 0 aromatic heterocycles. The molecule has 2 rings (SSSR count). The summed E-state index contributed by atoms with van der Waals surface area (Å²) in [6.07, 6.45) is 0. The maximum absolute atomic E-state index is 5.50. The Hall–Kier alpha value is -1.78. The average Bonchev–Trinajstić information content (AvgIpc) is 2.49. The van der Waals surface area contributed by atoms with E-state index in [-0.39, 0.29) is 6.79 Å². The van der Waals surface area contributed by atoms with Gasteiger partial charge in [-0.2, -0.15) is 0 Å². The van der Waals surface area contributed by atoms with Crippen LogP contribution in [0.2, 0.25) is 0 Å². The first-order valence-electron chi connectivity index (χ1n) is 7.65. The van der Waals surface area contributed by atoms with E-state index in [2.05, 4.69) is 48.2 Å². The summed E-state index contributed by atoms with van der Waals surface area (Å²) in [4.78, 5) is 4.84. The van der Waals surface area contributed by atoms with Crippen LogP contribution in [0.3, 0.4) is 0 Å². The molecule has 1 heterocycles. The van der Waals surface area contributed by atoms with Crippen molar-refractivity contribution in [2.75, 3.05) is 40.0 Å². The summed E-state index contributed by atoms with van der Waals surface area (Å²) in [7, 11) is 2.17. The maximum atomic E-state index is 5.50. The molecule has 0 amide bonds. The van der Waals surface area contributed by atoms with E-state index in [1.807, 2.05) is 6.07 Å². The summed E-state index contributed by atoms with van der Waals surface area (Å²) in [6, 6.07) is 8.35. The number of benzene rings is 1. The van der Waals surface area contributed by atoms with Gasteiger partial charge in [-0.3, -0.25) is 4.90 Å². The number of rotatable bonds is 7. The standard InChI is InChI=1S/C18H26N2O2/c1-15(2)21-14-22-16(3)18-7-5-6-17(12-18)13-20-10-8-19(4)9-11-20/h5-7,12H,1,3,8-11,13-14H2,2,4H3. The van der Waals surface area contributed by atoms with Crippen LogP contribution in [0.4, 0.5) is 0 Å². The highest BCUT2D eigenvalue weighted by Crippen LogP contribution is 2.17. The fourth-order valence-corrected chi connectivity index (χ4v) is 2.39. The van der Waals surface area contributed by atoms with Gasteiger partial charge in [0.15, 0.2) is 0 Å². The minimum atomic E-state index is 0.150. The minimum absolute atomic E-state index is 0.150. The Bertz CT molecular complexity index is 520. The van der Waals surface area contributed by atoms with Crippen LogP contribution in [0.25, 0.3) is 5.76 Å². The Labute approximate surface area is 133 Å². The van der Waals surface area contributed by atoms with E-state index in [0.29, 0.717) is 11.5 Å². The van der Waals surface area contributed by atoms with E-state index in [1.54, 1.807) is 6.92 Å². The minimum Gasteiger partial charge on any atom is -0.463 e. The molecule has 0 aliphatic carbocycles. The van der Waals surface area contributed by atoms with Gasteiger partial charge in [-0.15, -0.1) is 0 Å². The molecule has 1 aliphatic rings. The summed E-state index contributed by atoms with van der Waals surface area (Å²) in [5, 5.41) is 0. The van der Waals surface area contributed by atoms with Crippen molar-refractivity contribution >= 4 is 5.76 Å². The van der Waals surface area contributed by atoms with Crippen molar-refractivity contribution in [3.63, 3.8) is 0 Å². The number of allylic oxidation sites excluding steroid dienone is 1. The van der Waals surface area contributed by atoms with Crippen molar-refractivity contribution in [2.45, 2.75) is 13.5 Å². The number of hydrogen-bond donors (Lipinski definition) is 0. The SMILES string of the molecule is C=C(C)OCOC(=C)c1cccc(CN2CCN(C)CC2)c1. The second-order valence-electron chi connectivity index (χ2n) is 5.81. The highest BCUT2D eigenvalue weighted by Gasteiger charge is 2.14. The summed E-state index contributed by atoms with van der Waals surface area (Å²) in [6.45, 7) is 15.0. The zero-order valence-electron chi connectivity index (χ0n) is 13.7. The predicted octanol–water partition coefficient (Wildman–Crippen LogP) is 2.93. The first-order valence-corrected chi connectivity index (χ1v) is 7.65. The number of ether oxygens (including phenoxy) is 2. The van der Waals surface area contributed by atoms with Crippen molar-refractivity contribution in [2.24, 2.45) is 0 Å². The van der Waals surface area contributed by atoms with Gasteiger partial charge in [0, 0.05) is 38.3 Å². The van der Waals surface area contributed by atoms with E-state index < -0.39 is 0 Å². The molecule has 0 spiro atoms. The van der Waals surface area contributed by atoms with Gasteiger partial charge in [-0.1, -0.05) is 31.4 Å². The Morgan fingerprint density at radius 1 is 1.14 bits per heavy atom. The monoisotopic (exact) mass is 302 g/mol. The molecular weight excluding hydrogens is 276 g/mol. The van der Waals surface area contributed by atoms with Crippen LogP contribution in [0, 0.1) is 0 Å². The van der Waals surface area contributed by atoms with Gasteiger partial charge in [0.25, 0.3) is 0 Å². The third-order valence-electron chi connectivity index (χ3n) is 3.79. The molecular formula is C18H26N2O2. The quantitative estimate of drug-likeness (QED) is 0.571. The highest BCUT2D eigenvalue weighted by atomic mass is 16.7. The Morgan fingerprint density at radius 2 is 1.86 bits per heavy atom. The van der Waals surface area contributed by atoms with Gasteiger partial charge in [0.05, 0.1) is 5.76 Å². The molecule has 1 aromatic rings. The molecule has 4 nitrogen and oxygen atoms in total. The molecule has 0 bridgehead atoms. The largest absolute Gasteiger partial charge is 0.463 e. The summed E-state index contributed by atoms with van der Waals surface area (Å²) in [5.41, 5.74) is 2.28. The summed E-state index contributed by atoms with van der Waals surface area (Å²) < 4.78 is 10.7. The van der Waals surface area contributed by atoms with E-state index in [9.17, 15) is 0 Å². The van der Waals surface area contributed by atoms with Crippen molar-refractivity contribution in [3.8, 4) is 0 Å². The topological polar surface area (TPSA) is 24.9 Å². The molecule has 0 radical (unpaired) electrons. The molecule has 120 valence electrons. The molecule has 1 aliphatic heterocycles. The molecule has 22 heavy (non-hydrogen) atoms. The Balaban J connectivity index is 1.89. The zero-order chi connectivity index (χ0) is 15.9. The van der Waals surface area contributed by atoms with E-state index in [0.717, 1.165) is 38.3 Å². The summed E-state index contributed by atoms with van der Waals surface area (Å²) >= 11 is 0. The second kappa shape index (κ2) is 8.01. The van der Waals surface area contributed by atoms with Crippen LogP contribution in [-0.4, -0.2) is 49.8 Å². The van der Waals surface area contributed by atoms with Crippen molar-refractivity contribution < 1.29 is 9.47 Å². The van der Waals surface area contributed by atoms with Crippen LogP contribution >= 0.6 is 0 Å². The van der Waals surface area contributed by atoms with Crippen LogP contribution in [-0.2, 0) is 16.0 Å². The third kappa shape index (κ3) is 5.20. The van der Waals surface area contributed by atoms with Crippen molar-refractivity contribution in [1.29, 1.82) is 0 Å². The van der Waals surface area contributed by atoms with Crippen molar-refractivity contribution in [1.82, 2.24) is 9.80 Å². The van der Waals surface area contributed by atoms with Crippen LogP contribution in [0.15, 0.2) is 43.2 Å². The lowest BCUT2D eigenvalue weighted by molar-refractivity contribution is 0.0429. The molecule has 1 aromatic carbocycles. The molecule has 0 atom stereocenters. The first kappa shape index (κ1) is 16.6. The molecule has 1 fully saturated rings. The fraction of sp³-hybridized carbons (Fsp3) is 0.444. The maximum Gasteiger partial charge on any atom is 0.230 e. The fourth-order valence-electron chi connectivity index (χ4n) is 2.39. The normalized spacial score (nSPS) is 16.3. The van der Waals surface area contributed by atoms with E-state index in [1.165, 1.54) is 5.56 Å². The average molecular weight is 302 g/mol. The number of piperazine rings is 1. The predicted molar refractivity (Wildman–Crippen MR) is 90.1 cm³/mol. The van der Waals surface area contributed by atoms with Gasteiger partial charge in [0.2, 0.25) is 6.79 Å². The van der Waals surface area contributed by atoms with E-state index in [4.69, 9.17) is 9.47 Å². The van der Waals surface area contributed by atoms with E-state index >= 15 is 0 Å². The van der Waals surface area contributed by atoms with Crippen molar-refractivity contribution in [3.05, 3.63) is 54.3 Å². The van der Waals surface area contributed by atoms with Crippen LogP contribution in [0.1, 0.15) is 18.1 Å². The first-order chi connectivity index (χ1) is 10.5. The Kier molecular flexibility index (Phi) is 6.04. The number of likely N-dealkylation sites (N-methyl/N-ethyl adjacent to an activating group) is 1. The molecule has 0 N–H and O–H groups in total. The van der Waals surface area contributed by atoms with Gasteiger partial charge in [-0.25, -0.2) is 0 Å². The lowest BCUT2D eigenvalue weighted by atomic mass is 10.1. The molecule has 0 unspecified atom stereocenters. The number of nitrogens with zero attached hydrogens (tertiary/aromatic N) is 2. The lowest BCUT2D eigenvalue weighted by Gasteiger charge is -2.32. The highest BCUT2D eigenvalue weighted by molar-refractivity contribution is 5.58. The van der Waals surface area contributed by atoms with Gasteiger partial charge in [-0.05, 0) is 25.6 Å². The summed E-state index contributed by atoms with van der Waals surface area (Å²) in [5.74, 6) is 1.26. The number of hydrogen-bond acceptors (Lipinski definition) is 4. The van der Waals surface area contributed by atoms with Gasteiger partial charge < -0.3 is 14.4 Å².